The number of aliphatic hydroxyl groups is 1. The molecule has 0 bridgehead atoms. The second-order valence-electron chi connectivity index (χ2n) is 1.46. The second-order valence-corrected chi connectivity index (χ2v) is 2.15. The van der Waals surface area contributed by atoms with Gasteiger partial charge in [0.2, 0.25) is 0 Å². The van der Waals surface area contributed by atoms with Gasteiger partial charge in [-0.15, -0.1) is 11.6 Å². The summed E-state index contributed by atoms with van der Waals surface area (Å²) in [6.45, 7) is 1.42. The summed E-state index contributed by atoms with van der Waals surface area (Å²) >= 11 is 5.19. The molecule has 0 aromatic carbocycles. The van der Waals surface area contributed by atoms with Gasteiger partial charge in [0, 0.05) is 0 Å². The van der Waals surface area contributed by atoms with Gasteiger partial charge in [-0.05, 0) is 6.92 Å². The minimum Gasteiger partial charge on any atom is -0.479 e. The Kier molecular flexibility index (Phi) is 2.79. The molecule has 0 rings (SSSR count). The second kappa shape index (κ2) is 2.89. The highest BCUT2D eigenvalue weighted by molar-refractivity contribution is 6.22. The number of halogens is 1. The van der Waals surface area contributed by atoms with Gasteiger partial charge in [-0.25, -0.2) is 4.79 Å². The van der Waals surface area contributed by atoms with Gasteiger partial charge in [0.05, 0.1) is 5.38 Å². The first kappa shape index (κ1) is 7.72. The third-order valence-electron chi connectivity index (χ3n) is 0.688. The molecular formula is C4H7ClO3. The monoisotopic (exact) mass is 138 g/mol. The van der Waals surface area contributed by atoms with Crippen LogP contribution in [0.2, 0.25) is 0 Å². The van der Waals surface area contributed by atoms with Crippen molar-refractivity contribution in [2.24, 2.45) is 0 Å². The molecule has 2 atom stereocenters. The number of aliphatic carboxylic acids is 1. The van der Waals surface area contributed by atoms with Gasteiger partial charge in [-0.3, -0.25) is 0 Å². The van der Waals surface area contributed by atoms with Crippen LogP contribution >= 0.6 is 11.6 Å². The van der Waals surface area contributed by atoms with Crippen LogP contribution in [-0.2, 0) is 4.79 Å². The van der Waals surface area contributed by atoms with Gasteiger partial charge in [-0.1, -0.05) is 0 Å². The Balaban J connectivity index is 3.64. The molecule has 3 nitrogen and oxygen atoms in total. The molecular weight excluding hydrogens is 131 g/mol. The molecule has 0 aromatic rings. The van der Waals surface area contributed by atoms with Gasteiger partial charge < -0.3 is 10.2 Å². The Morgan fingerprint density at radius 2 is 2.12 bits per heavy atom. The minimum atomic E-state index is -1.45. The van der Waals surface area contributed by atoms with Gasteiger partial charge >= 0.3 is 5.97 Å². The van der Waals surface area contributed by atoms with Crippen LogP contribution in [0.15, 0.2) is 0 Å². The number of rotatable bonds is 2. The van der Waals surface area contributed by atoms with Gasteiger partial charge in [0.25, 0.3) is 0 Å². The van der Waals surface area contributed by atoms with E-state index >= 15 is 0 Å². The fourth-order valence-corrected chi connectivity index (χ4v) is 0.304. The normalized spacial score (nSPS) is 17.4. The smallest absolute Gasteiger partial charge is 0.334 e. The Hall–Kier alpha value is -0.280. The Morgan fingerprint density at radius 3 is 2.12 bits per heavy atom. The summed E-state index contributed by atoms with van der Waals surface area (Å²) in [5, 5.41) is 15.8. The zero-order valence-electron chi connectivity index (χ0n) is 4.34. The molecule has 48 valence electrons. The summed E-state index contributed by atoms with van der Waals surface area (Å²) < 4.78 is 0. The maximum atomic E-state index is 9.81. The predicted octanol–water partition coefficient (Wildman–Crippen LogP) is 0.0592. The average Bonchev–Trinajstić information content (AvgIpc) is 1.64. The van der Waals surface area contributed by atoms with Crippen molar-refractivity contribution in [2.75, 3.05) is 0 Å². The van der Waals surface area contributed by atoms with E-state index in [1.165, 1.54) is 6.92 Å². The van der Waals surface area contributed by atoms with E-state index in [0.717, 1.165) is 0 Å². The molecule has 8 heavy (non-hydrogen) atoms. The molecule has 0 radical (unpaired) electrons. The molecule has 0 saturated carbocycles. The number of carbonyl (C=O) groups is 1. The molecule has 0 aliphatic rings. The van der Waals surface area contributed by atoms with Crippen LogP contribution in [0.3, 0.4) is 0 Å². The molecule has 0 spiro atoms. The van der Waals surface area contributed by atoms with Crippen molar-refractivity contribution >= 4 is 17.6 Å². The third kappa shape index (κ3) is 2.14. The third-order valence-corrected chi connectivity index (χ3v) is 0.927. The van der Waals surface area contributed by atoms with Crippen molar-refractivity contribution in [3.05, 3.63) is 0 Å². The van der Waals surface area contributed by atoms with E-state index in [4.69, 9.17) is 21.8 Å². The van der Waals surface area contributed by atoms with E-state index in [0.29, 0.717) is 0 Å². The number of carboxylic acids is 1. The van der Waals surface area contributed by atoms with E-state index in [1.54, 1.807) is 0 Å². The summed E-state index contributed by atoms with van der Waals surface area (Å²) in [7, 11) is 0. The highest BCUT2D eigenvalue weighted by atomic mass is 35.5. The molecule has 0 saturated heterocycles. The first-order valence-electron chi connectivity index (χ1n) is 2.10. The maximum absolute atomic E-state index is 9.81. The highest BCUT2D eigenvalue weighted by Crippen LogP contribution is 1.99. The number of alkyl halides is 1. The topological polar surface area (TPSA) is 57.5 Å². The fourth-order valence-electron chi connectivity index (χ4n) is 0.196. The standard InChI is InChI=1S/C4H7ClO3/c1-2(5)3(6)4(7)8/h2-3,6H,1H3,(H,7,8)/t2-,3-/m1/s1. The lowest BCUT2D eigenvalue weighted by Gasteiger charge is -2.04. The number of hydrogen-bond donors (Lipinski definition) is 2. The van der Waals surface area contributed by atoms with Crippen molar-refractivity contribution in [3.8, 4) is 0 Å². The zero-order chi connectivity index (χ0) is 6.73. The quantitative estimate of drug-likeness (QED) is 0.531. The fraction of sp³-hybridized carbons (Fsp3) is 0.750. The zero-order valence-corrected chi connectivity index (χ0v) is 5.09. The van der Waals surface area contributed by atoms with Crippen molar-refractivity contribution < 1.29 is 15.0 Å². The largest absolute Gasteiger partial charge is 0.479 e. The number of carboxylic acid groups (broad SMARTS) is 1. The average molecular weight is 139 g/mol. The molecule has 0 aromatic heterocycles. The Labute approximate surface area is 51.9 Å². The maximum Gasteiger partial charge on any atom is 0.334 e. The first-order valence-corrected chi connectivity index (χ1v) is 2.54. The van der Waals surface area contributed by atoms with Crippen molar-refractivity contribution in [1.82, 2.24) is 0 Å². The highest BCUT2D eigenvalue weighted by Gasteiger charge is 2.18. The van der Waals surface area contributed by atoms with E-state index in [-0.39, 0.29) is 0 Å². The molecule has 0 heterocycles. The van der Waals surface area contributed by atoms with Gasteiger partial charge in [0.15, 0.2) is 6.10 Å². The van der Waals surface area contributed by atoms with E-state index in [1.807, 2.05) is 0 Å². The molecule has 0 amide bonds. The lowest BCUT2D eigenvalue weighted by molar-refractivity contribution is -0.146. The van der Waals surface area contributed by atoms with Crippen molar-refractivity contribution in [3.63, 3.8) is 0 Å². The first-order chi connectivity index (χ1) is 3.55. The lowest BCUT2D eigenvalue weighted by Crippen LogP contribution is -2.27. The van der Waals surface area contributed by atoms with Crippen LogP contribution in [0.25, 0.3) is 0 Å². The Bertz CT molecular complexity index is 91.3. The summed E-state index contributed by atoms with van der Waals surface area (Å²) in [4.78, 5) is 9.81. The van der Waals surface area contributed by atoms with Crippen LogP contribution in [0.5, 0.6) is 0 Å². The SMILES string of the molecule is C[C@@H](Cl)[C@@H](O)C(=O)O. The molecule has 0 aliphatic heterocycles. The lowest BCUT2D eigenvalue weighted by atomic mass is 10.3. The summed E-state index contributed by atoms with van der Waals surface area (Å²) in [6, 6.07) is 0. The van der Waals surface area contributed by atoms with Crippen molar-refractivity contribution in [1.29, 1.82) is 0 Å². The van der Waals surface area contributed by atoms with E-state index in [9.17, 15) is 4.79 Å². The molecule has 0 aliphatic carbocycles. The minimum absolute atomic E-state index is 0.729. The van der Waals surface area contributed by atoms with Crippen LogP contribution in [-0.4, -0.2) is 27.7 Å². The van der Waals surface area contributed by atoms with Crippen LogP contribution in [0, 0.1) is 0 Å². The van der Waals surface area contributed by atoms with Crippen LogP contribution in [0.4, 0.5) is 0 Å². The van der Waals surface area contributed by atoms with E-state index in [2.05, 4.69) is 0 Å². The molecule has 0 unspecified atom stereocenters. The van der Waals surface area contributed by atoms with Crippen LogP contribution < -0.4 is 0 Å². The van der Waals surface area contributed by atoms with E-state index < -0.39 is 17.5 Å². The van der Waals surface area contributed by atoms with Crippen molar-refractivity contribution in [2.45, 2.75) is 18.4 Å². The van der Waals surface area contributed by atoms with Gasteiger partial charge in [0.1, 0.15) is 0 Å². The Morgan fingerprint density at radius 1 is 1.75 bits per heavy atom. The molecule has 0 fully saturated rings. The predicted molar refractivity (Wildman–Crippen MR) is 29.0 cm³/mol. The molecule has 4 heteroatoms. The summed E-state index contributed by atoms with van der Waals surface area (Å²) in [5.74, 6) is -1.28. The number of hydrogen-bond acceptors (Lipinski definition) is 2. The summed E-state index contributed by atoms with van der Waals surface area (Å²) in [6.07, 6.45) is -1.45. The van der Waals surface area contributed by atoms with Gasteiger partial charge in [-0.2, -0.15) is 0 Å². The number of aliphatic hydroxyl groups excluding tert-OH is 1. The molecule has 2 N–H and O–H groups in total. The van der Waals surface area contributed by atoms with Crippen LogP contribution in [0.1, 0.15) is 6.92 Å². The summed E-state index contributed by atoms with van der Waals surface area (Å²) in [5.41, 5.74) is 0.